The van der Waals surface area contributed by atoms with Crippen molar-refractivity contribution in [3.63, 3.8) is 0 Å². The topological polar surface area (TPSA) is 26.0 Å². The lowest BCUT2D eigenvalue weighted by Gasteiger charge is -2.20. The van der Waals surface area contributed by atoms with Crippen molar-refractivity contribution in [1.82, 2.24) is 0 Å². The normalized spacial score (nSPS) is 12.2. The molecule has 1 heteroatoms. The van der Waals surface area contributed by atoms with Crippen molar-refractivity contribution in [3.8, 4) is 22.3 Å². The van der Waals surface area contributed by atoms with Gasteiger partial charge in [0.1, 0.15) is 0 Å². The van der Waals surface area contributed by atoms with E-state index < -0.39 is 0 Å². The van der Waals surface area contributed by atoms with E-state index in [9.17, 15) is 0 Å². The molecule has 3 rings (SSSR count). The SMILES string of the molecule is CC(C)(C)c1ccc(-c2cc(CN)cc(-c3ccc(C(C)(C)C)cc3)c2)cc1. The number of nitrogens with two attached hydrogens (primary N) is 1. The molecule has 0 saturated carbocycles. The molecule has 0 spiro atoms. The highest BCUT2D eigenvalue weighted by Gasteiger charge is 2.15. The van der Waals surface area contributed by atoms with Gasteiger partial charge in [0.25, 0.3) is 0 Å². The molecule has 0 unspecified atom stereocenters. The van der Waals surface area contributed by atoms with Gasteiger partial charge in [0.05, 0.1) is 0 Å². The molecule has 2 N–H and O–H groups in total. The van der Waals surface area contributed by atoms with Crippen LogP contribution in [0.1, 0.15) is 58.2 Å². The molecule has 1 nitrogen and oxygen atoms in total. The van der Waals surface area contributed by atoms with Gasteiger partial charge in [-0.3, -0.25) is 0 Å². The van der Waals surface area contributed by atoms with E-state index >= 15 is 0 Å². The average Bonchev–Trinajstić information content (AvgIpc) is 2.66. The van der Waals surface area contributed by atoms with Crippen LogP contribution in [0.2, 0.25) is 0 Å². The highest BCUT2D eigenvalue weighted by atomic mass is 14.5. The number of benzene rings is 3. The van der Waals surface area contributed by atoms with Crippen LogP contribution in [-0.4, -0.2) is 0 Å². The molecular formula is C27H33N. The molecule has 0 fully saturated rings. The highest BCUT2D eigenvalue weighted by Crippen LogP contribution is 2.32. The summed E-state index contributed by atoms with van der Waals surface area (Å²) in [6, 6.07) is 24.5. The minimum Gasteiger partial charge on any atom is -0.326 e. The molecule has 28 heavy (non-hydrogen) atoms. The number of hydrogen-bond acceptors (Lipinski definition) is 1. The third kappa shape index (κ3) is 4.54. The first-order chi connectivity index (χ1) is 13.1. The minimum absolute atomic E-state index is 0.164. The van der Waals surface area contributed by atoms with E-state index in [2.05, 4.69) is 108 Å². The molecule has 0 aromatic heterocycles. The predicted molar refractivity (Wildman–Crippen MR) is 123 cm³/mol. The molecule has 0 amide bonds. The summed E-state index contributed by atoms with van der Waals surface area (Å²) in [7, 11) is 0. The first-order valence-electron chi connectivity index (χ1n) is 10.1. The van der Waals surface area contributed by atoms with E-state index in [4.69, 9.17) is 5.73 Å². The van der Waals surface area contributed by atoms with Crippen LogP contribution in [0.4, 0.5) is 0 Å². The Hall–Kier alpha value is -2.38. The fraction of sp³-hybridized carbons (Fsp3) is 0.333. The Morgan fingerprint density at radius 2 is 0.893 bits per heavy atom. The molecule has 0 atom stereocenters. The Morgan fingerprint density at radius 3 is 1.18 bits per heavy atom. The highest BCUT2D eigenvalue weighted by molar-refractivity contribution is 5.74. The van der Waals surface area contributed by atoms with Crippen LogP contribution in [0.25, 0.3) is 22.3 Å². The van der Waals surface area contributed by atoms with Gasteiger partial charge in [0, 0.05) is 6.54 Å². The molecular weight excluding hydrogens is 338 g/mol. The second kappa shape index (κ2) is 7.56. The molecule has 0 heterocycles. The van der Waals surface area contributed by atoms with Crippen LogP contribution in [0, 0.1) is 0 Å². The van der Waals surface area contributed by atoms with Crippen LogP contribution < -0.4 is 5.73 Å². The minimum atomic E-state index is 0.164. The van der Waals surface area contributed by atoms with Crippen molar-refractivity contribution in [1.29, 1.82) is 0 Å². The fourth-order valence-electron chi connectivity index (χ4n) is 3.47. The van der Waals surface area contributed by atoms with Crippen LogP contribution in [0.3, 0.4) is 0 Å². The smallest absolute Gasteiger partial charge is 0.0178 e. The van der Waals surface area contributed by atoms with E-state index in [1.165, 1.54) is 33.4 Å². The second-order valence-electron chi connectivity index (χ2n) is 9.78. The van der Waals surface area contributed by atoms with E-state index in [1.807, 2.05) is 0 Å². The van der Waals surface area contributed by atoms with Crippen LogP contribution in [-0.2, 0) is 17.4 Å². The molecule has 0 aliphatic carbocycles. The summed E-state index contributed by atoms with van der Waals surface area (Å²) in [5.74, 6) is 0. The van der Waals surface area contributed by atoms with Gasteiger partial charge in [-0.15, -0.1) is 0 Å². The van der Waals surface area contributed by atoms with Crippen LogP contribution in [0.5, 0.6) is 0 Å². The molecule has 0 aliphatic heterocycles. The molecule has 0 bridgehead atoms. The number of hydrogen-bond donors (Lipinski definition) is 1. The van der Waals surface area contributed by atoms with Crippen molar-refractivity contribution < 1.29 is 0 Å². The second-order valence-corrected chi connectivity index (χ2v) is 9.78. The summed E-state index contributed by atoms with van der Waals surface area (Å²) in [6.45, 7) is 14.0. The van der Waals surface area contributed by atoms with Crippen LogP contribution >= 0.6 is 0 Å². The third-order valence-corrected chi connectivity index (χ3v) is 5.40. The average molecular weight is 372 g/mol. The van der Waals surface area contributed by atoms with E-state index in [1.54, 1.807) is 0 Å². The van der Waals surface area contributed by atoms with Gasteiger partial charge in [0.15, 0.2) is 0 Å². The quantitative estimate of drug-likeness (QED) is 0.523. The predicted octanol–water partition coefficient (Wildman–Crippen LogP) is 7.07. The maximum Gasteiger partial charge on any atom is 0.0178 e. The van der Waals surface area contributed by atoms with Crippen LogP contribution in [0.15, 0.2) is 66.7 Å². The first kappa shape index (κ1) is 20.4. The zero-order valence-electron chi connectivity index (χ0n) is 18.1. The summed E-state index contributed by atoms with van der Waals surface area (Å²) in [4.78, 5) is 0. The maximum absolute atomic E-state index is 6.01. The van der Waals surface area contributed by atoms with Crippen molar-refractivity contribution in [3.05, 3.63) is 83.4 Å². The van der Waals surface area contributed by atoms with Crippen molar-refractivity contribution in [2.24, 2.45) is 5.73 Å². The van der Waals surface area contributed by atoms with Gasteiger partial charge in [-0.25, -0.2) is 0 Å². The largest absolute Gasteiger partial charge is 0.326 e. The third-order valence-electron chi connectivity index (χ3n) is 5.40. The van der Waals surface area contributed by atoms with E-state index in [-0.39, 0.29) is 10.8 Å². The Labute approximate surface area is 170 Å². The molecule has 0 saturated heterocycles. The lowest BCUT2D eigenvalue weighted by Crippen LogP contribution is -2.10. The van der Waals surface area contributed by atoms with E-state index in [0.717, 1.165) is 5.56 Å². The van der Waals surface area contributed by atoms with Gasteiger partial charge in [-0.05, 0) is 68.0 Å². The Kier molecular flexibility index (Phi) is 5.50. The monoisotopic (exact) mass is 371 g/mol. The summed E-state index contributed by atoms with van der Waals surface area (Å²) < 4.78 is 0. The lowest BCUT2D eigenvalue weighted by atomic mass is 9.85. The lowest BCUT2D eigenvalue weighted by molar-refractivity contribution is 0.590. The fourth-order valence-corrected chi connectivity index (χ4v) is 3.47. The van der Waals surface area contributed by atoms with Crippen molar-refractivity contribution in [2.45, 2.75) is 58.9 Å². The van der Waals surface area contributed by atoms with Gasteiger partial charge in [-0.1, -0.05) is 90.1 Å². The van der Waals surface area contributed by atoms with Gasteiger partial charge in [-0.2, -0.15) is 0 Å². The maximum atomic E-state index is 6.01. The summed E-state index contributed by atoms with van der Waals surface area (Å²) >= 11 is 0. The Balaban J connectivity index is 2.01. The Morgan fingerprint density at radius 1 is 0.536 bits per heavy atom. The molecule has 146 valence electrons. The summed E-state index contributed by atoms with van der Waals surface area (Å²) in [5.41, 5.74) is 15.1. The zero-order valence-corrected chi connectivity index (χ0v) is 18.1. The summed E-state index contributed by atoms with van der Waals surface area (Å²) in [6.07, 6.45) is 0. The number of rotatable bonds is 3. The van der Waals surface area contributed by atoms with Gasteiger partial charge in [0.2, 0.25) is 0 Å². The first-order valence-corrected chi connectivity index (χ1v) is 10.1. The Bertz CT molecular complexity index is 858. The standard InChI is InChI=1S/C27H33N/c1-26(2,3)24-11-7-20(8-12-24)22-15-19(18-28)16-23(17-22)21-9-13-25(14-10-21)27(4,5)6/h7-17H,18,28H2,1-6H3. The van der Waals surface area contributed by atoms with Crippen molar-refractivity contribution in [2.75, 3.05) is 0 Å². The molecule has 3 aromatic rings. The zero-order chi connectivity index (χ0) is 20.5. The van der Waals surface area contributed by atoms with Gasteiger partial charge < -0.3 is 5.73 Å². The molecule has 0 aliphatic rings. The summed E-state index contributed by atoms with van der Waals surface area (Å²) in [5, 5.41) is 0. The molecule has 0 radical (unpaired) electrons. The van der Waals surface area contributed by atoms with Gasteiger partial charge >= 0.3 is 0 Å². The van der Waals surface area contributed by atoms with Crippen molar-refractivity contribution >= 4 is 0 Å². The molecule has 3 aromatic carbocycles. The van der Waals surface area contributed by atoms with E-state index in [0.29, 0.717) is 6.54 Å².